The zero-order valence-corrected chi connectivity index (χ0v) is 37.7. The summed E-state index contributed by atoms with van der Waals surface area (Å²) in [5.74, 6) is -0.110. The standard InChI is InChI=1S/C38H36N6O4.C17H12N2O3/c45-21-11-13-23-27(17-21)35(43-37(23)47)33-25-7-1-3-9-29(25)41-31(33)19-39-15-5-6-16-40-20-32-34(26-8-2-4-10-30(26)42-32)36-28-18-22(46)12-14-24(28)38(48)44-36;20-8-14-15(11-3-1-2-4-13(11)18-14)16-12-7-9(21)5-6-10(12)17(22)19-16/h1-4,7-14,17-18,35-36,39-42,45-46H,5-6,15-16,19-20H2,(H,43,47)(H,44,48);1-8,16,18,21H,(H,19,22). The van der Waals surface area contributed by atoms with Gasteiger partial charge in [0.1, 0.15) is 17.2 Å². The lowest BCUT2D eigenvalue weighted by atomic mass is 9.95. The van der Waals surface area contributed by atoms with Crippen molar-refractivity contribution in [3.8, 4) is 17.2 Å². The Morgan fingerprint density at radius 3 is 1.21 bits per heavy atom. The van der Waals surface area contributed by atoms with Gasteiger partial charge in [-0.15, -0.1) is 0 Å². The SMILES string of the molecule is O=C1NC(c2c(CNCCCCNCc3[nH]c4ccccc4c3C3NC(=O)c4ccc(O)cc43)[nH]c3ccccc23)c2cc(O)ccc21.O=Cc1[nH]c2ccccc2c1C1NC(=O)c2ccc(O)cc21. The largest absolute Gasteiger partial charge is 0.508 e. The molecule has 15 heteroatoms. The van der Waals surface area contributed by atoms with Crippen molar-refractivity contribution >= 4 is 56.7 Å². The van der Waals surface area contributed by atoms with Gasteiger partial charge in [0, 0.05) is 90.6 Å². The highest BCUT2D eigenvalue weighted by Gasteiger charge is 2.36. The number of carbonyl (C=O) groups excluding carboxylic acids is 4. The van der Waals surface area contributed by atoms with Crippen LogP contribution in [0.4, 0.5) is 0 Å². The second-order valence-corrected chi connectivity index (χ2v) is 17.8. The fraction of sp³-hybridized carbons (Fsp3) is 0.164. The minimum absolute atomic E-state index is 0.0905. The number of aldehydes is 1. The molecule has 350 valence electrons. The van der Waals surface area contributed by atoms with Crippen LogP contribution >= 0.6 is 0 Å². The Morgan fingerprint density at radius 2 is 0.814 bits per heavy atom. The average molecular weight is 933 g/mol. The first-order valence-corrected chi connectivity index (χ1v) is 23.2. The van der Waals surface area contributed by atoms with Crippen LogP contribution in [-0.4, -0.2) is 67.4 Å². The smallest absolute Gasteiger partial charge is 0.252 e. The molecule has 3 unspecified atom stereocenters. The number of H-pyrrole nitrogens is 3. The van der Waals surface area contributed by atoms with E-state index in [1.165, 1.54) is 6.07 Å². The maximum Gasteiger partial charge on any atom is 0.252 e. The van der Waals surface area contributed by atoms with E-state index in [2.05, 4.69) is 53.7 Å². The number of phenols is 3. The van der Waals surface area contributed by atoms with Crippen LogP contribution in [0.25, 0.3) is 32.7 Å². The monoisotopic (exact) mass is 932 g/mol. The summed E-state index contributed by atoms with van der Waals surface area (Å²) in [5, 5.41) is 49.3. The average Bonchev–Trinajstić information content (AvgIpc) is 4.21. The van der Waals surface area contributed by atoms with E-state index >= 15 is 0 Å². The third-order valence-electron chi connectivity index (χ3n) is 13.6. The lowest BCUT2D eigenvalue weighted by molar-refractivity contribution is 0.0952. The van der Waals surface area contributed by atoms with E-state index in [1.54, 1.807) is 48.5 Å². The molecular formula is C55H48N8O7. The number of hydrogen-bond acceptors (Lipinski definition) is 9. The van der Waals surface area contributed by atoms with E-state index < -0.39 is 6.04 Å². The fourth-order valence-electron chi connectivity index (χ4n) is 10.4. The Morgan fingerprint density at radius 1 is 0.457 bits per heavy atom. The number of hydrogen-bond donors (Lipinski definition) is 11. The van der Waals surface area contributed by atoms with E-state index in [0.29, 0.717) is 41.0 Å². The summed E-state index contributed by atoms with van der Waals surface area (Å²) < 4.78 is 0. The van der Waals surface area contributed by atoms with Gasteiger partial charge in [-0.3, -0.25) is 19.2 Å². The first kappa shape index (κ1) is 43.9. The number of phenolic OH excluding ortho intramolecular Hbond substituents is 3. The quantitative estimate of drug-likeness (QED) is 0.0398. The predicted molar refractivity (Wildman–Crippen MR) is 265 cm³/mol. The van der Waals surface area contributed by atoms with E-state index in [1.807, 2.05) is 60.7 Å². The predicted octanol–water partition coefficient (Wildman–Crippen LogP) is 7.90. The van der Waals surface area contributed by atoms with Crippen molar-refractivity contribution in [2.75, 3.05) is 13.1 Å². The van der Waals surface area contributed by atoms with Crippen molar-refractivity contribution in [1.82, 2.24) is 41.5 Å². The molecule has 0 saturated heterocycles. The summed E-state index contributed by atoms with van der Waals surface area (Å²) in [7, 11) is 0. The van der Waals surface area contributed by atoms with Crippen LogP contribution in [0.3, 0.4) is 0 Å². The Labute approximate surface area is 400 Å². The zero-order chi connectivity index (χ0) is 48.0. The number of carbonyl (C=O) groups is 4. The van der Waals surface area contributed by atoms with Crippen LogP contribution < -0.4 is 26.6 Å². The fourth-order valence-corrected chi connectivity index (χ4v) is 10.4. The van der Waals surface area contributed by atoms with Gasteiger partial charge < -0.3 is 56.9 Å². The van der Waals surface area contributed by atoms with Gasteiger partial charge in [-0.1, -0.05) is 54.6 Å². The van der Waals surface area contributed by atoms with Crippen molar-refractivity contribution in [2.24, 2.45) is 0 Å². The normalized spacial score (nSPS) is 16.7. The Hall–Kier alpha value is -8.66. The molecule has 0 bridgehead atoms. The van der Waals surface area contributed by atoms with E-state index in [-0.39, 0.29) is 47.1 Å². The van der Waals surface area contributed by atoms with Gasteiger partial charge in [-0.2, -0.15) is 0 Å². The highest BCUT2D eigenvalue weighted by Crippen LogP contribution is 2.41. The molecule has 3 aliphatic rings. The van der Waals surface area contributed by atoms with Crippen molar-refractivity contribution in [3.05, 3.63) is 195 Å². The molecule has 6 heterocycles. The van der Waals surface area contributed by atoms with Crippen LogP contribution in [0.5, 0.6) is 17.2 Å². The van der Waals surface area contributed by atoms with Crippen LogP contribution in [0.1, 0.15) is 117 Å². The molecule has 70 heavy (non-hydrogen) atoms. The summed E-state index contributed by atoms with van der Waals surface area (Å²) >= 11 is 0. The number of amides is 3. The molecule has 3 amide bonds. The van der Waals surface area contributed by atoms with Crippen LogP contribution in [-0.2, 0) is 13.1 Å². The minimum Gasteiger partial charge on any atom is -0.508 e. The molecule has 0 radical (unpaired) electrons. The number of rotatable bonds is 13. The summed E-state index contributed by atoms with van der Waals surface area (Å²) in [6.07, 6.45) is 2.68. The van der Waals surface area contributed by atoms with Gasteiger partial charge in [-0.05, 0) is 115 Å². The van der Waals surface area contributed by atoms with E-state index in [0.717, 1.165) is 104 Å². The molecule has 0 spiro atoms. The third-order valence-corrected chi connectivity index (χ3v) is 13.6. The summed E-state index contributed by atoms with van der Waals surface area (Å²) in [4.78, 5) is 59.2. The second-order valence-electron chi connectivity index (χ2n) is 17.8. The van der Waals surface area contributed by atoms with Crippen LogP contribution in [0.15, 0.2) is 127 Å². The Kier molecular flexibility index (Phi) is 11.3. The van der Waals surface area contributed by atoms with Gasteiger partial charge >= 0.3 is 0 Å². The Balaban J connectivity index is 0.000000201. The van der Waals surface area contributed by atoms with Crippen molar-refractivity contribution in [3.63, 3.8) is 0 Å². The number of para-hydroxylation sites is 3. The molecule has 12 rings (SSSR count). The maximum atomic E-state index is 12.8. The number of unbranched alkanes of at least 4 members (excludes halogenated alkanes) is 1. The number of aromatic hydroxyl groups is 3. The van der Waals surface area contributed by atoms with Gasteiger partial charge in [0.05, 0.1) is 23.8 Å². The molecule has 11 N–H and O–H groups in total. The number of aromatic amines is 3. The maximum absolute atomic E-state index is 12.8. The molecule has 3 atom stereocenters. The Bertz CT molecular complexity index is 3400. The minimum atomic E-state index is -0.453. The first-order valence-electron chi connectivity index (χ1n) is 23.2. The molecule has 0 aliphatic carbocycles. The molecule has 3 aliphatic heterocycles. The number of fused-ring (bicyclic) bond motifs is 6. The molecule has 0 fully saturated rings. The zero-order valence-electron chi connectivity index (χ0n) is 37.7. The van der Waals surface area contributed by atoms with Gasteiger partial charge in [-0.25, -0.2) is 0 Å². The van der Waals surface area contributed by atoms with Gasteiger partial charge in [0.25, 0.3) is 17.7 Å². The van der Waals surface area contributed by atoms with E-state index in [9.17, 15) is 34.5 Å². The molecule has 6 aromatic carbocycles. The molecule has 9 aromatic rings. The summed E-state index contributed by atoms with van der Waals surface area (Å²) in [6.45, 7) is 2.86. The molecule has 0 saturated carbocycles. The highest BCUT2D eigenvalue weighted by atomic mass is 16.3. The topological polar surface area (TPSA) is 236 Å². The lowest BCUT2D eigenvalue weighted by Gasteiger charge is -2.15. The van der Waals surface area contributed by atoms with Crippen molar-refractivity contribution in [1.29, 1.82) is 0 Å². The second kappa shape index (κ2) is 18.1. The van der Waals surface area contributed by atoms with Gasteiger partial charge in [0.2, 0.25) is 0 Å². The molecule has 3 aromatic heterocycles. The third kappa shape index (κ3) is 7.86. The van der Waals surface area contributed by atoms with Crippen LogP contribution in [0, 0.1) is 0 Å². The molecular weight excluding hydrogens is 885 g/mol. The summed E-state index contributed by atoms with van der Waals surface area (Å²) in [6, 6.07) is 37.0. The van der Waals surface area contributed by atoms with E-state index in [4.69, 9.17) is 0 Å². The summed E-state index contributed by atoms with van der Waals surface area (Å²) in [5.41, 5.74) is 12.0. The lowest BCUT2D eigenvalue weighted by Crippen LogP contribution is -2.23. The number of aromatic nitrogens is 3. The van der Waals surface area contributed by atoms with Crippen LogP contribution in [0.2, 0.25) is 0 Å². The van der Waals surface area contributed by atoms with Crippen molar-refractivity contribution < 1.29 is 34.5 Å². The van der Waals surface area contributed by atoms with Crippen molar-refractivity contribution in [2.45, 2.75) is 44.1 Å². The highest BCUT2D eigenvalue weighted by molar-refractivity contribution is 6.04. The number of nitrogens with one attached hydrogen (secondary N) is 8. The van der Waals surface area contributed by atoms with Gasteiger partial charge in [0.15, 0.2) is 6.29 Å². The molecule has 15 nitrogen and oxygen atoms in total. The number of benzene rings is 6. The first-order chi connectivity index (χ1) is 34.1.